The maximum Gasteiger partial charge on any atom is 0.241 e. The highest BCUT2D eigenvalue weighted by molar-refractivity contribution is 7.92. The van der Waals surface area contributed by atoms with Crippen molar-refractivity contribution < 1.29 is 13.2 Å². The van der Waals surface area contributed by atoms with E-state index < -0.39 is 15.1 Å². The third-order valence-electron chi connectivity index (χ3n) is 4.61. The molecule has 2 rings (SSSR count). The van der Waals surface area contributed by atoms with Gasteiger partial charge in [-0.2, -0.15) is 0 Å². The van der Waals surface area contributed by atoms with Gasteiger partial charge in [0.2, 0.25) is 5.91 Å². The molecule has 0 saturated carbocycles. The summed E-state index contributed by atoms with van der Waals surface area (Å²) in [6.07, 6.45) is 4.27. The summed E-state index contributed by atoms with van der Waals surface area (Å²) in [5, 5.41) is 2.56. The summed E-state index contributed by atoms with van der Waals surface area (Å²) < 4.78 is 24.4. The first kappa shape index (κ1) is 16.7. The van der Waals surface area contributed by atoms with E-state index in [2.05, 4.69) is 5.32 Å². The van der Waals surface area contributed by atoms with Crippen LogP contribution in [0, 0.1) is 5.92 Å². The van der Waals surface area contributed by atoms with Gasteiger partial charge in [-0.15, -0.1) is 0 Å². The van der Waals surface area contributed by atoms with Crippen LogP contribution in [-0.4, -0.2) is 55.9 Å². The van der Waals surface area contributed by atoms with Crippen molar-refractivity contribution in [1.82, 2.24) is 10.2 Å². The number of piperidine rings is 1. The van der Waals surface area contributed by atoms with Gasteiger partial charge in [-0.05, 0) is 58.5 Å². The number of carbonyl (C=O) groups is 1. The van der Waals surface area contributed by atoms with Gasteiger partial charge in [-0.1, -0.05) is 6.42 Å². The van der Waals surface area contributed by atoms with E-state index in [0.717, 1.165) is 32.4 Å². The molecule has 0 bridgehead atoms. The van der Waals surface area contributed by atoms with Gasteiger partial charge in [0.1, 0.15) is 5.25 Å². The van der Waals surface area contributed by atoms with Gasteiger partial charge in [0.15, 0.2) is 9.84 Å². The molecule has 2 saturated heterocycles. The summed E-state index contributed by atoms with van der Waals surface area (Å²) in [7, 11) is -3.25. The van der Waals surface area contributed by atoms with Gasteiger partial charge >= 0.3 is 0 Å². The summed E-state index contributed by atoms with van der Waals surface area (Å²) in [6, 6.07) is 0.0524. The number of hydrogen-bond donors (Lipinski definition) is 1. The largest absolute Gasteiger partial charge is 0.339 e. The van der Waals surface area contributed by atoms with Crippen molar-refractivity contribution in [1.29, 1.82) is 0 Å². The second-order valence-electron chi connectivity index (χ2n) is 6.65. The molecular formula is C15H28N2O3S. The number of nitrogens with zero attached hydrogens (tertiary/aromatic N) is 1. The average molecular weight is 316 g/mol. The number of amides is 1. The lowest BCUT2D eigenvalue weighted by atomic mass is 9.98. The molecular weight excluding hydrogens is 288 g/mol. The predicted octanol–water partition coefficient (Wildman–Crippen LogP) is 1.19. The Balaban J connectivity index is 2.07. The SMILES string of the molecule is CC(C)N(CC1CCCNC1)C(=O)C1CCCCS1(=O)=O. The smallest absolute Gasteiger partial charge is 0.241 e. The van der Waals surface area contributed by atoms with E-state index in [1.165, 1.54) is 0 Å². The maximum absolute atomic E-state index is 12.8. The second kappa shape index (κ2) is 7.09. The molecule has 0 aliphatic carbocycles. The first-order chi connectivity index (χ1) is 9.92. The van der Waals surface area contributed by atoms with Crippen LogP contribution in [0.4, 0.5) is 0 Å². The van der Waals surface area contributed by atoms with E-state index in [1.807, 2.05) is 13.8 Å². The molecule has 0 aromatic carbocycles. The van der Waals surface area contributed by atoms with Crippen LogP contribution in [0.1, 0.15) is 46.0 Å². The van der Waals surface area contributed by atoms with Gasteiger partial charge in [0.05, 0.1) is 5.75 Å². The topological polar surface area (TPSA) is 66.5 Å². The minimum Gasteiger partial charge on any atom is -0.339 e. The summed E-state index contributed by atoms with van der Waals surface area (Å²) in [6.45, 7) is 6.60. The Bertz CT molecular complexity index is 456. The number of nitrogens with one attached hydrogen (secondary N) is 1. The average Bonchev–Trinajstić information content (AvgIpc) is 2.44. The van der Waals surface area contributed by atoms with Gasteiger partial charge in [-0.25, -0.2) is 8.42 Å². The molecule has 2 unspecified atom stereocenters. The standard InChI is InChI=1S/C15H28N2O3S/c1-12(2)17(11-13-6-5-8-16-10-13)15(18)14-7-3-4-9-21(14,19)20/h12-14,16H,3-11H2,1-2H3. The zero-order chi connectivity index (χ0) is 15.5. The molecule has 0 aromatic heterocycles. The van der Waals surface area contributed by atoms with Crippen molar-refractivity contribution in [2.45, 2.75) is 57.2 Å². The Hall–Kier alpha value is -0.620. The zero-order valence-electron chi connectivity index (χ0n) is 13.2. The van der Waals surface area contributed by atoms with Crippen molar-refractivity contribution in [3.05, 3.63) is 0 Å². The predicted molar refractivity (Wildman–Crippen MR) is 83.9 cm³/mol. The van der Waals surface area contributed by atoms with E-state index >= 15 is 0 Å². The van der Waals surface area contributed by atoms with Crippen molar-refractivity contribution in [2.75, 3.05) is 25.4 Å². The van der Waals surface area contributed by atoms with Gasteiger partial charge in [0.25, 0.3) is 0 Å². The first-order valence-corrected chi connectivity index (χ1v) is 9.86. The molecule has 0 radical (unpaired) electrons. The minimum absolute atomic E-state index is 0.0524. The third-order valence-corrected chi connectivity index (χ3v) is 6.78. The molecule has 2 atom stereocenters. The Morgan fingerprint density at radius 2 is 2.00 bits per heavy atom. The van der Waals surface area contributed by atoms with Crippen LogP contribution in [0.25, 0.3) is 0 Å². The fraction of sp³-hybridized carbons (Fsp3) is 0.933. The van der Waals surface area contributed by atoms with Crippen LogP contribution in [0.3, 0.4) is 0 Å². The lowest BCUT2D eigenvalue weighted by molar-refractivity contribution is -0.133. The highest BCUT2D eigenvalue weighted by atomic mass is 32.2. The molecule has 5 nitrogen and oxygen atoms in total. The Morgan fingerprint density at radius 1 is 1.24 bits per heavy atom. The molecule has 21 heavy (non-hydrogen) atoms. The highest BCUT2D eigenvalue weighted by Crippen LogP contribution is 2.23. The summed E-state index contributed by atoms with van der Waals surface area (Å²) in [5.41, 5.74) is 0. The van der Waals surface area contributed by atoms with Crippen molar-refractivity contribution in [2.24, 2.45) is 5.92 Å². The molecule has 6 heteroatoms. The molecule has 2 heterocycles. The molecule has 2 aliphatic heterocycles. The quantitative estimate of drug-likeness (QED) is 0.846. The number of sulfone groups is 1. The lowest BCUT2D eigenvalue weighted by Gasteiger charge is -2.35. The van der Waals surface area contributed by atoms with Crippen molar-refractivity contribution in [3.8, 4) is 0 Å². The molecule has 0 spiro atoms. The highest BCUT2D eigenvalue weighted by Gasteiger charge is 2.38. The molecule has 2 fully saturated rings. The third kappa shape index (κ3) is 4.19. The van der Waals surface area contributed by atoms with Crippen LogP contribution in [0.5, 0.6) is 0 Å². The molecule has 122 valence electrons. The van der Waals surface area contributed by atoms with Gasteiger partial charge < -0.3 is 10.2 Å². The Kier molecular flexibility index (Phi) is 5.66. The summed E-state index contributed by atoms with van der Waals surface area (Å²) >= 11 is 0. The Morgan fingerprint density at radius 3 is 2.57 bits per heavy atom. The molecule has 0 aromatic rings. The van der Waals surface area contributed by atoms with E-state index in [9.17, 15) is 13.2 Å². The Labute approximate surface area is 128 Å². The summed E-state index contributed by atoms with van der Waals surface area (Å²) in [4.78, 5) is 14.6. The number of hydrogen-bond acceptors (Lipinski definition) is 4. The zero-order valence-corrected chi connectivity index (χ0v) is 14.0. The number of carbonyl (C=O) groups excluding carboxylic acids is 1. The maximum atomic E-state index is 12.8. The first-order valence-electron chi connectivity index (χ1n) is 8.14. The van der Waals surface area contributed by atoms with Crippen molar-refractivity contribution in [3.63, 3.8) is 0 Å². The van der Waals surface area contributed by atoms with Crippen LogP contribution in [0.2, 0.25) is 0 Å². The van der Waals surface area contributed by atoms with Gasteiger partial charge in [0, 0.05) is 12.6 Å². The molecule has 2 aliphatic rings. The number of rotatable bonds is 4. The van der Waals surface area contributed by atoms with Crippen LogP contribution < -0.4 is 5.32 Å². The van der Waals surface area contributed by atoms with Gasteiger partial charge in [-0.3, -0.25) is 4.79 Å². The lowest BCUT2D eigenvalue weighted by Crippen LogP contribution is -2.51. The van der Waals surface area contributed by atoms with E-state index in [0.29, 0.717) is 25.3 Å². The fourth-order valence-corrected chi connectivity index (χ4v) is 5.19. The fourth-order valence-electron chi connectivity index (χ4n) is 3.33. The molecule has 1 amide bonds. The van der Waals surface area contributed by atoms with Crippen LogP contribution >= 0.6 is 0 Å². The molecule has 1 N–H and O–H groups in total. The van der Waals surface area contributed by atoms with Crippen LogP contribution in [0.15, 0.2) is 0 Å². The normalized spacial score (nSPS) is 29.3. The van der Waals surface area contributed by atoms with Crippen molar-refractivity contribution >= 4 is 15.7 Å². The van der Waals surface area contributed by atoms with E-state index in [1.54, 1.807) is 4.90 Å². The van der Waals surface area contributed by atoms with Crippen LogP contribution in [-0.2, 0) is 14.6 Å². The van der Waals surface area contributed by atoms with E-state index in [-0.39, 0.29) is 17.7 Å². The van der Waals surface area contributed by atoms with E-state index in [4.69, 9.17) is 0 Å². The minimum atomic E-state index is -3.25. The second-order valence-corrected chi connectivity index (χ2v) is 8.95. The summed E-state index contributed by atoms with van der Waals surface area (Å²) in [5.74, 6) is 0.437. The monoisotopic (exact) mass is 316 g/mol.